The van der Waals surface area contributed by atoms with Crippen LogP contribution in [0.5, 0.6) is 0 Å². The lowest BCUT2D eigenvalue weighted by Crippen LogP contribution is -2.21. The van der Waals surface area contributed by atoms with Gasteiger partial charge in [0.25, 0.3) is 0 Å². The fourth-order valence-electron chi connectivity index (χ4n) is 2.77. The Labute approximate surface area is 66.0 Å². The smallest absolute Gasteiger partial charge is 0.123 e. The van der Waals surface area contributed by atoms with Crippen LogP contribution in [0.2, 0.25) is 0 Å². The van der Waals surface area contributed by atoms with E-state index in [4.69, 9.17) is 0 Å². The summed E-state index contributed by atoms with van der Waals surface area (Å²) in [6.45, 7) is 0. The number of carbonyl (C=O) groups is 2. The Morgan fingerprint density at radius 1 is 0.909 bits per heavy atom. The van der Waals surface area contributed by atoms with Crippen molar-refractivity contribution >= 4 is 12.6 Å². The molecule has 60 valence electrons. The standard InChI is InChI=1S/C9H12O2/c10-4-7-1-6-2-8(5-11)9(7)3-6/h4-9H,1-3H2/t6-,7-,8+,9+. The van der Waals surface area contributed by atoms with E-state index in [9.17, 15) is 9.59 Å². The Morgan fingerprint density at radius 2 is 1.45 bits per heavy atom. The molecule has 0 aromatic heterocycles. The maximum absolute atomic E-state index is 10.5. The first-order chi connectivity index (χ1) is 5.35. The number of hydrogen-bond donors (Lipinski definition) is 0. The van der Waals surface area contributed by atoms with Gasteiger partial charge in [-0.25, -0.2) is 0 Å². The fourth-order valence-corrected chi connectivity index (χ4v) is 2.77. The molecular formula is C9H12O2. The molecule has 0 aliphatic heterocycles. The monoisotopic (exact) mass is 152 g/mol. The van der Waals surface area contributed by atoms with Gasteiger partial charge in [-0.2, -0.15) is 0 Å². The summed E-state index contributed by atoms with van der Waals surface area (Å²) >= 11 is 0. The van der Waals surface area contributed by atoms with E-state index in [1.807, 2.05) is 0 Å². The van der Waals surface area contributed by atoms with Gasteiger partial charge in [-0.1, -0.05) is 0 Å². The Bertz CT molecular complexity index is 170. The van der Waals surface area contributed by atoms with Crippen LogP contribution >= 0.6 is 0 Å². The van der Waals surface area contributed by atoms with Gasteiger partial charge >= 0.3 is 0 Å². The van der Waals surface area contributed by atoms with Crippen molar-refractivity contribution in [3.05, 3.63) is 0 Å². The van der Waals surface area contributed by atoms with Crippen LogP contribution in [-0.4, -0.2) is 12.6 Å². The number of rotatable bonds is 2. The van der Waals surface area contributed by atoms with Gasteiger partial charge in [0.05, 0.1) is 0 Å². The Hall–Kier alpha value is -0.660. The predicted octanol–water partition coefficient (Wildman–Crippen LogP) is 1.05. The molecular weight excluding hydrogens is 140 g/mol. The lowest BCUT2D eigenvalue weighted by Gasteiger charge is -2.20. The number of aldehydes is 2. The quantitative estimate of drug-likeness (QED) is 0.554. The van der Waals surface area contributed by atoms with Crippen LogP contribution in [0.15, 0.2) is 0 Å². The average Bonchev–Trinajstić information content (AvgIpc) is 2.60. The van der Waals surface area contributed by atoms with E-state index < -0.39 is 0 Å². The molecule has 2 rings (SSSR count). The van der Waals surface area contributed by atoms with Gasteiger partial charge < -0.3 is 9.59 Å². The van der Waals surface area contributed by atoms with Gasteiger partial charge in [0.15, 0.2) is 0 Å². The number of hydrogen-bond acceptors (Lipinski definition) is 2. The minimum atomic E-state index is 0.198. The second-order valence-electron chi connectivity index (χ2n) is 3.84. The Balaban J connectivity index is 2.13. The molecule has 2 aliphatic carbocycles. The van der Waals surface area contributed by atoms with Crippen molar-refractivity contribution in [2.24, 2.45) is 23.7 Å². The molecule has 2 nitrogen and oxygen atoms in total. The zero-order chi connectivity index (χ0) is 7.84. The number of fused-ring (bicyclic) bond motifs is 2. The van der Waals surface area contributed by atoms with Crippen molar-refractivity contribution in [1.82, 2.24) is 0 Å². The van der Waals surface area contributed by atoms with Gasteiger partial charge in [0.2, 0.25) is 0 Å². The van der Waals surface area contributed by atoms with Gasteiger partial charge in [-0.15, -0.1) is 0 Å². The predicted molar refractivity (Wildman–Crippen MR) is 39.9 cm³/mol. The zero-order valence-electron chi connectivity index (χ0n) is 6.40. The molecule has 0 amide bonds. The van der Waals surface area contributed by atoms with Crippen molar-refractivity contribution < 1.29 is 9.59 Å². The first kappa shape index (κ1) is 7.01. The molecule has 0 saturated heterocycles. The molecule has 2 saturated carbocycles. The second kappa shape index (κ2) is 2.43. The lowest BCUT2D eigenvalue weighted by atomic mass is 9.82. The summed E-state index contributed by atoms with van der Waals surface area (Å²) in [4.78, 5) is 21.1. The highest BCUT2D eigenvalue weighted by atomic mass is 16.1. The Morgan fingerprint density at radius 3 is 1.82 bits per heavy atom. The fraction of sp³-hybridized carbons (Fsp3) is 0.778. The molecule has 0 heterocycles. The van der Waals surface area contributed by atoms with Crippen LogP contribution in [0.25, 0.3) is 0 Å². The zero-order valence-corrected chi connectivity index (χ0v) is 6.40. The van der Waals surface area contributed by atoms with E-state index in [1.165, 1.54) is 0 Å². The highest BCUT2D eigenvalue weighted by molar-refractivity contribution is 5.61. The van der Waals surface area contributed by atoms with Crippen molar-refractivity contribution in [1.29, 1.82) is 0 Å². The van der Waals surface area contributed by atoms with E-state index in [1.54, 1.807) is 0 Å². The lowest BCUT2D eigenvalue weighted by molar-refractivity contribution is -0.116. The molecule has 2 bridgehead atoms. The molecule has 2 aliphatic rings. The molecule has 2 heteroatoms. The van der Waals surface area contributed by atoms with E-state index >= 15 is 0 Å². The first-order valence-electron chi connectivity index (χ1n) is 4.25. The average molecular weight is 152 g/mol. The maximum Gasteiger partial charge on any atom is 0.123 e. The topological polar surface area (TPSA) is 34.1 Å². The van der Waals surface area contributed by atoms with Crippen LogP contribution in [0, 0.1) is 23.7 Å². The molecule has 11 heavy (non-hydrogen) atoms. The third-order valence-corrected chi connectivity index (χ3v) is 3.27. The minimum Gasteiger partial charge on any atom is -0.303 e. The summed E-state index contributed by atoms with van der Waals surface area (Å²) in [7, 11) is 0. The summed E-state index contributed by atoms with van der Waals surface area (Å²) in [5.41, 5.74) is 0. The molecule has 0 radical (unpaired) electrons. The van der Waals surface area contributed by atoms with Crippen molar-refractivity contribution in [3.63, 3.8) is 0 Å². The molecule has 0 N–H and O–H groups in total. The summed E-state index contributed by atoms with van der Waals surface area (Å²) in [6.07, 6.45) is 5.28. The summed E-state index contributed by atoms with van der Waals surface area (Å²) in [5.74, 6) is 1.47. The van der Waals surface area contributed by atoms with Crippen molar-refractivity contribution in [3.8, 4) is 0 Å². The summed E-state index contributed by atoms with van der Waals surface area (Å²) in [5, 5.41) is 0. The SMILES string of the molecule is O=C[C@@H]1C[C@@H]2C[C@H]1[C@@H](C=O)C2. The van der Waals surface area contributed by atoms with Crippen molar-refractivity contribution in [2.75, 3.05) is 0 Å². The van der Waals surface area contributed by atoms with Gasteiger partial charge in [0, 0.05) is 11.8 Å². The van der Waals surface area contributed by atoms with Crippen LogP contribution in [-0.2, 0) is 9.59 Å². The van der Waals surface area contributed by atoms with Gasteiger partial charge in [0.1, 0.15) is 12.6 Å². The van der Waals surface area contributed by atoms with Crippen LogP contribution in [0.1, 0.15) is 19.3 Å². The van der Waals surface area contributed by atoms with Crippen LogP contribution in [0.4, 0.5) is 0 Å². The van der Waals surface area contributed by atoms with Crippen molar-refractivity contribution in [2.45, 2.75) is 19.3 Å². The van der Waals surface area contributed by atoms with Gasteiger partial charge in [-0.3, -0.25) is 0 Å². The third-order valence-electron chi connectivity index (χ3n) is 3.27. The molecule has 0 aromatic carbocycles. The van der Waals surface area contributed by atoms with E-state index in [2.05, 4.69) is 0 Å². The van der Waals surface area contributed by atoms with Crippen LogP contribution < -0.4 is 0 Å². The van der Waals surface area contributed by atoms with E-state index in [-0.39, 0.29) is 11.8 Å². The maximum atomic E-state index is 10.5. The van der Waals surface area contributed by atoms with Gasteiger partial charge in [-0.05, 0) is 31.1 Å². The molecule has 2 fully saturated rings. The largest absolute Gasteiger partial charge is 0.303 e. The Kier molecular flexibility index (Phi) is 1.55. The third kappa shape index (κ3) is 0.924. The summed E-state index contributed by atoms with van der Waals surface area (Å²) < 4.78 is 0. The second-order valence-corrected chi connectivity index (χ2v) is 3.84. The summed E-state index contributed by atoms with van der Waals surface area (Å²) in [6, 6.07) is 0. The molecule has 4 atom stereocenters. The van der Waals surface area contributed by atoms with Crippen LogP contribution in [0.3, 0.4) is 0 Å². The minimum absolute atomic E-state index is 0.198. The highest BCUT2D eigenvalue weighted by Gasteiger charge is 2.45. The van der Waals surface area contributed by atoms with E-state index in [0.29, 0.717) is 11.8 Å². The van der Waals surface area contributed by atoms with E-state index in [0.717, 1.165) is 31.8 Å². The molecule has 0 aromatic rings. The normalized spacial score (nSPS) is 47.6. The molecule has 0 unspecified atom stereocenters. The number of carbonyl (C=O) groups excluding carboxylic acids is 2. The first-order valence-corrected chi connectivity index (χ1v) is 4.25. The molecule has 0 spiro atoms. The highest BCUT2D eigenvalue weighted by Crippen LogP contribution is 2.50.